The van der Waals surface area contributed by atoms with E-state index in [0.29, 0.717) is 58.7 Å². The van der Waals surface area contributed by atoms with Gasteiger partial charge in [0.15, 0.2) is 0 Å². The van der Waals surface area contributed by atoms with Crippen molar-refractivity contribution < 1.29 is 14.3 Å². The highest BCUT2D eigenvalue weighted by atomic mass is 35.5. The van der Waals surface area contributed by atoms with Crippen LogP contribution in [-0.2, 0) is 17.6 Å². The fraction of sp³-hybridized carbons (Fsp3) is 0.519. The summed E-state index contributed by atoms with van der Waals surface area (Å²) >= 11 is 6.20. The number of pyridine rings is 1. The molecule has 1 saturated carbocycles. The predicted molar refractivity (Wildman–Crippen MR) is 136 cm³/mol. The molecular formula is C27H29ClN6O3. The van der Waals surface area contributed by atoms with Gasteiger partial charge in [-0.05, 0) is 61.6 Å². The minimum atomic E-state index is -0.0612. The van der Waals surface area contributed by atoms with Crippen LogP contribution in [0.4, 0.5) is 0 Å². The maximum Gasteiger partial charge on any atom is 0.272 e. The Morgan fingerprint density at radius 1 is 1.03 bits per heavy atom. The number of rotatable bonds is 4. The predicted octanol–water partition coefficient (Wildman–Crippen LogP) is 2.99. The minimum Gasteiger partial charge on any atom is -0.493 e. The molecule has 0 spiro atoms. The van der Waals surface area contributed by atoms with Crippen molar-refractivity contribution in [2.45, 2.75) is 26.2 Å². The van der Waals surface area contributed by atoms with Crippen LogP contribution in [0.3, 0.4) is 0 Å². The van der Waals surface area contributed by atoms with Gasteiger partial charge in [0, 0.05) is 55.0 Å². The number of aromatic nitrogens is 4. The summed E-state index contributed by atoms with van der Waals surface area (Å²) < 4.78 is 5.83. The zero-order chi connectivity index (χ0) is 25.3. The molecule has 0 unspecified atom stereocenters. The first-order valence-corrected chi connectivity index (χ1v) is 13.6. The Balaban J connectivity index is 1.03. The first-order valence-electron chi connectivity index (χ1n) is 13.2. The molecule has 4 heterocycles. The zero-order valence-corrected chi connectivity index (χ0v) is 21.4. The highest BCUT2D eigenvalue weighted by molar-refractivity contribution is 6.31. The SMILES string of the molecule is CCOc1cc(C(=O)N2C[C@@H]3[C@H](C2)[C@H]2CN(C(=O)[C@@H]4CCc5n[nH]nc5C4)C[C@@H]32)nc2cc(Cl)ccc12. The van der Waals surface area contributed by atoms with Gasteiger partial charge in [0.2, 0.25) is 5.91 Å². The lowest BCUT2D eigenvalue weighted by molar-refractivity contribution is -0.135. The number of halogens is 1. The third-order valence-corrected chi connectivity index (χ3v) is 9.23. The maximum absolute atomic E-state index is 13.5. The van der Waals surface area contributed by atoms with Crippen molar-refractivity contribution in [1.29, 1.82) is 0 Å². The average Bonchev–Trinajstić information content (AvgIpc) is 3.61. The molecule has 1 N–H and O–H groups in total. The van der Waals surface area contributed by atoms with Crippen LogP contribution in [0, 0.1) is 29.6 Å². The van der Waals surface area contributed by atoms with Gasteiger partial charge in [-0.3, -0.25) is 9.59 Å². The van der Waals surface area contributed by atoms with Gasteiger partial charge in [-0.1, -0.05) is 11.6 Å². The number of fused-ring (bicyclic) bond motifs is 6. The van der Waals surface area contributed by atoms with Gasteiger partial charge in [0.1, 0.15) is 11.4 Å². The molecule has 9 nitrogen and oxygen atoms in total. The fourth-order valence-corrected chi connectivity index (χ4v) is 7.36. The molecule has 7 rings (SSSR count). The van der Waals surface area contributed by atoms with Gasteiger partial charge in [-0.2, -0.15) is 15.4 Å². The molecule has 0 bridgehead atoms. The van der Waals surface area contributed by atoms with Gasteiger partial charge in [-0.25, -0.2) is 4.98 Å². The van der Waals surface area contributed by atoms with E-state index in [0.717, 1.165) is 55.8 Å². The van der Waals surface area contributed by atoms with Crippen LogP contribution < -0.4 is 4.74 Å². The van der Waals surface area contributed by atoms with Crippen LogP contribution in [0.5, 0.6) is 5.75 Å². The lowest BCUT2D eigenvalue weighted by Crippen LogP contribution is -2.44. The summed E-state index contributed by atoms with van der Waals surface area (Å²) in [5.41, 5.74) is 3.00. The van der Waals surface area contributed by atoms with Crippen LogP contribution in [0.25, 0.3) is 10.9 Å². The molecular weight excluding hydrogens is 492 g/mol. The number of H-pyrrole nitrogens is 1. The van der Waals surface area contributed by atoms with Crippen LogP contribution in [0.1, 0.15) is 35.2 Å². The Labute approximate surface area is 219 Å². The van der Waals surface area contributed by atoms with Crippen LogP contribution in [-0.4, -0.2) is 74.8 Å². The fourth-order valence-electron chi connectivity index (χ4n) is 7.19. The topological polar surface area (TPSA) is 104 Å². The van der Waals surface area contributed by atoms with Gasteiger partial charge < -0.3 is 14.5 Å². The highest BCUT2D eigenvalue weighted by Crippen LogP contribution is 2.54. The second-order valence-electron chi connectivity index (χ2n) is 10.9. The van der Waals surface area contributed by atoms with E-state index in [1.807, 2.05) is 17.9 Å². The van der Waals surface area contributed by atoms with Crippen molar-refractivity contribution in [1.82, 2.24) is 30.2 Å². The number of aryl methyl sites for hydroxylation is 1. The first kappa shape index (κ1) is 23.0. The molecule has 3 aromatic rings. The first-order chi connectivity index (χ1) is 18.0. The van der Waals surface area contributed by atoms with Gasteiger partial charge in [0.25, 0.3) is 5.91 Å². The maximum atomic E-state index is 13.5. The molecule has 2 amide bonds. The number of likely N-dealkylation sites (tertiary alicyclic amines) is 2. The summed E-state index contributed by atoms with van der Waals surface area (Å²) in [5, 5.41) is 12.5. The summed E-state index contributed by atoms with van der Waals surface area (Å²) in [4.78, 5) is 35.5. The van der Waals surface area contributed by atoms with Gasteiger partial charge in [0.05, 0.1) is 23.5 Å². The Morgan fingerprint density at radius 2 is 1.73 bits per heavy atom. The number of amides is 2. The summed E-state index contributed by atoms with van der Waals surface area (Å²) in [5.74, 6) is 2.69. The lowest BCUT2D eigenvalue weighted by atomic mass is 9.60. The van der Waals surface area contributed by atoms with Crippen molar-refractivity contribution in [3.63, 3.8) is 0 Å². The molecule has 5 atom stereocenters. The largest absolute Gasteiger partial charge is 0.493 e. The summed E-state index contributed by atoms with van der Waals surface area (Å²) in [6.07, 6.45) is 2.33. The quantitative estimate of drug-likeness (QED) is 0.567. The van der Waals surface area contributed by atoms with Crippen LogP contribution in [0.2, 0.25) is 5.02 Å². The van der Waals surface area contributed by atoms with Crippen molar-refractivity contribution in [3.8, 4) is 5.75 Å². The van der Waals surface area contributed by atoms with E-state index >= 15 is 0 Å². The summed E-state index contributed by atoms with van der Waals surface area (Å²) in [6, 6.07) is 7.22. The second kappa shape index (κ2) is 8.68. The third kappa shape index (κ3) is 3.69. The number of benzene rings is 1. The zero-order valence-electron chi connectivity index (χ0n) is 20.7. The van der Waals surface area contributed by atoms with Crippen molar-refractivity contribution in [2.75, 3.05) is 32.8 Å². The van der Waals surface area contributed by atoms with Gasteiger partial charge in [-0.15, -0.1) is 0 Å². The molecule has 37 heavy (non-hydrogen) atoms. The Morgan fingerprint density at radius 3 is 2.46 bits per heavy atom. The molecule has 2 saturated heterocycles. The number of hydrogen-bond donors (Lipinski definition) is 1. The monoisotopic (exact) mass is 520 g/mol. The smallest absolute Gasteiger partial charge is 0.272 e. The molecule has 2 aliphatic heterocycles. The summed E-state index contributed by atoms with van der Waals surface area (Å²) in [7, 11) is 0. The van der Waals surface area contributed by atoms with E-state index in [1.165, 1.54) is 0 Å². The Hall–Kier alpha value is -3.20. The van der Waals surface area contributed by atoms with E-state index in [4.69, 9.17) is 16.3 Å². The van der Waals surface area contributed by atoms with Crippen molar-refractivity contribution in [3.05, 3.63) is 46.4 Å². The molecule has 4 aliphatic rings. The second-order valence-corrected chi connectivity index (χ2v) is 11.3. The van der Waals surface area contributed by atoms with E-state index in [2.05, 4.69) is 25.3 Å². The molecule has 3 fully saturated rings. The standard InChI is InChI=1S/C27H29ClN6O3/c1-2-37-25-9-24(29-22-8-15(28)4-5-16(22)25)27(36)34-12-19-17-10-33(11-18(17)20(19)13-34)26(35)14-3-6-21-23(7-14)31-32-30-21/h4-5,8-9,14,17-20H,2-3,6-7,10-13H2,1H3,(H,30,31,32)/t14-,17-,18+,19+,20-/m1/s1. The molecule has 1 aromatic carbocycles. The number of nitrogens with zero attached hydrogens (tertiary/aromatic N) is 5. The van der Waals surface area contributed by atoms with Crippen molar-refractivity contribution in [2.24, 2.45) is 29.6 Å². The molecule has 2 aliphatic carbocycles. The Bertz CT molecular complexity index is 1390. The van der Waals surface area contributed by atoms with Crippen LogP contribution in [0.15, 0.2) is 24.3 Å². The van der Waals surface area contributed by atoms with Gasteiger partial charge >= 0.3 is 0 Å². The molecule has 10 heteroatoms. The van der Waals surface area contributed by atoms with E-state index in [9.17, 15) is 9.59 Å². The minimum absolute atomic E-state index is 0.0000311. The average molecular weight is 521 g/mol. The van der Waals surface area contributed by atoms with E-state index < -0.39 is 0 Å². The van der Waals surface area contributed by atoms with E-state index in [1.54, 1.807) is 18.2 Å². The number of carbonyl (C=O) groups excluding carboxylic acids is 2. The van der Waals surface area contributed by atoms with Crippen molar-refractivity contribution >= 4 is 34.3 Å². The van der Waals surface area contributed by atoms with Crippen LogP contribution >= 0.6 is 11.6 Å². The Kier molecular flexibility index (Phi) is 5.39. The number of aromatic amines is 1. The number of hydrogen-bond acceptors (Lipinski definition) is 6. The molecule has 0 radical (unpaired) electrons. The number of carbonyl (C=O) groups is 2. The number of ether oxygens (including phenoxy) is 1. The normalized spacial score (nSPS) is 28.0. The number of nitrogens with one attached hydrogen (secondary N) is 1. The van der Waals surface area contributed by atoms with E-state index in [-0.39, 0.29) is 17.7 Å². The lowest BCUT2D eigenvalue weighted by Gasteiger charge is -2.42. The highest BCUT2D eigenvalue weighted by Gasteiger charge is 2.59. The molecule has 2 aromatic heterocycles. The summed E-state index contributed by atoms with van der Waals surface area (Å²) in [6.45, 7) is 5.47. The third-order valence-electron chi connectivity index (χ3n) is 9.00. The molecule has 192 valence electrons.